The van der Waals surface area contributed by atoms with E-state index in [0.29, 0.717) is 6.42 Å². The maximum atomic E-state index is 10.3. The van der Waals surface area contributed by atoms with Crippen LogP contribution in [0, 0.1) is 0 Å². The summed E-state index contributed by atoms with van der Waals surface area (Å²) in [7, 11) is 0. The Hall–Kier alpha value is -1.32. The molecular weight excluding hydrogens is 160 g/mol. The molecule has 4 heteroatoms. The first-order chi connectivity index (χ1) is 5.59. The molecule has 0 saturated heterocycles. The maximum Gasteiger partial charge on any atom is 0.342 e. The second-order valence-electron chi connectivity index (χ2n) is 2.37. The Morgan fingerprint density at radius 3 is 2.08 bits per heavy atom. The first-order valence-electron chi connectivity index (χ1n) is 3.76. The predicted molar refractivity (Wildman–Crippen MR) is 42.9 cm³/mol. The molecule has 0 aliphatic heterocycles. The fourth-order valence-electron chi connectivity index (χ4n) is 0.717. The van der Waals surface area contributed by atoms with E-state index in [1.165, 1.54) is 6.08 Å². The summed E-state index contributed by atoms with van der Waals surface area (Å²) in [5.74, 6) is -2.75. The zero-order valence-electron chi connectivity index (χ0n) is 6.91. The van der Waals surface area contributed by atoms with Gasteiger partial charge in [0, 0.05) is 0 Å². The predicted octanol–water partition coefficient (Wildman–Crippen LogP) is 1.27. The zero-order valence-corrected chi connectivity index (χ0v) is 6.91. The smallest absolute Gasteiger partial charge is 0.342 e. The first kappa shape index (κ1) is 10.7. The van der Waals surface area contributed by atoms with Crippen molar-refractivity contribution in [2.24, 2.45) is 0 Å². The van der Waals surface area contributed by atoms with Gasteiger partial charge in [0.05, 0.1) is 0 Å². The summed E-state index contributed by atoms with van der Waals surface area (Å²) in [6, 6.07) is 0. The van der Waals surface area contributed by atoms with Crippen LogP contribution in [0.2, 0.25) is 0 Å². The number of aliphatic carboxylic acids is 2. The Bertz CT molecular complexity index is 189. The lowest BCUT2D eigenvalue weighted by atomic mass is 10.2. The van der Waals surface area contributed by atoms with Gasteiger partial charge in [0.1, 0.15) is 5.57 Å². The van der Waals surface area contributed by atoms with Crippen LogP contribution in [0.3, 0.4) is 0 Å². The third-order valence-corrected chi connectivity index (χ3v) is 1.37. The molecule has 0 amide bonds. The molecule has 0 spiro atoms. The van der Waals surface area contributed by atoms with Crippen LogP contribution in [0.4, 0.5) is 0 Å². The number of hydrogen-bond acceptors (Lipinski definition) is 2. The van der Waals surface area contributed by atoms with Crippen molar-refractivity contribution in [3.8, 4) is 0 Å². The Balaban J connectivity index is 4.20. The topological polar surface area (TPSA) is 74.6 Å². The minimum Gasteiger partial charge on any atom is -0.477 e. The summed E-state index contributed by atoms with van der Waals surface area (Å²) in [5.41, 5.74) is -0.538. The molecule has 0 atom stereocenters. The second kappa shape index (κ2) is 5.35. The number of allylic oxidation sites excluding steroid dienone is 1. The summed E-state index contributed by atoms with van der Waals surface area (Å²) in [6.07, 6.45) is 3.48. The van der Waals surface area contributed by atoms with Gasteiger partial charge < -0.3 is 10.2 Å². The molecule has 0 aromatic heterocycles. The summed E-state index contributed by atoms with van der Waals surface area (Å²) >= 11 is 0. The first-order valence-corrected chi connectivity index (χ1v) is 3.76. The third-order valence-electron chi connectivity index (χ3n) is 1.37. The number of carboxylic acid groups (broad SMARTS) is 2. The average Bonchev–Trinajstić information content (AvgIpc) is 1.96. The minimum atomic E-state index is -1.38. The summed E-state index contributed by atoms with van der Waals surface area (Å²) < 4.78 is 0. The van der Waals surface area contributed by atoms with Gasteiger partial charge in [-0.05, 0) is 6.42 Å². The molecule has 0 fully saturated rings. The third kappa shape index (κ3) is 3.75. The van der Waals surface area contributed by atoms with E-state index >= 15 is 0 Å². The Kier molecular flexibility index (Phi) is 4.76. The van der Waals surface area contributed by atoms with E-state index in [1.807, 2.05) is 6.92 Å². The number of carbonyl (C=O) groups is 2. The molecule has 0 heterocycles. The molecule has 4 nitrogen and oxygen atoms in total. The van der Waals surface area contributed by atoms with Gasteiger partial charge in [-0.25, -0.2) is 9.59 Å². The molecular formula is C8H12O4. The van der Waals surface area contributed by atoms with Crippen molar-refractivity contribution in [1.82, 2.24) is 0 Å². The zero-order chi connectivity index (χ0) is 9.56. The SMILES string of the molecule is CCCCC=C(C(=O)O)C(=O)O. The lowest BCUT2D eigenvalue weighted by Gasteiger charge is -1.94. The van der Waals surface area contributed by atoms with E-state index < -0.39 is 17.5 Å². The molecule has 2 N–H and O–H groups in total. The lowest BCUT2D eigenvalue weighted by Crippen LogP contribution is -2.10. The average molecular weight is 172 g/mol. The van der Waals surface area contributed by atoms with Gasteiger partial charge in [-0.2, -0.15) is 0 Å². The standard InChI is InChI=1S/C8H12O4/c1-2-3-4-5-6(7(9)10)8(11)12/h5H,2-4H2,1H3,(H,9,10)(H,11,12). The molecule has 0 bridgehead atoms. The minimum absolute atomic E-state index is 0.504. The summed E-state index contributed by atoms with van der Waals surface area (Å²) in [5, 5.41) is 16.8. The maximum absolute atomic E-state index is 10.3. The van der Waals surface area contributed by atoms with Crippen LogP contribution in [0.25, 0.3) is 0 Å². The highest BCUT2D eigenvalue weighted by Gasteiger charge is 2.14. The van der Waals surface area contributed by atoms with Crippen LogP contribution in [0.15, 0.2) is 11.6 Å². The number of rotatable bonds is 5. The van der Waals surface area contributed by atoms with E-state index in [2.05, 4.69) is 0 Å². The Morgan fingerprint density at radius 2 is 1.75 bits per heavy atom. The van der Waals surface area contributed by atoms with Crippen molar-refractivity contribution >= 4 is 11.9 Å². The van der Waals surface area contributed by atoms with E-state index in [1.54, 1.807) is 0 Å². The monoisotopic (exact) mass is 172 g/mol. The molecule has 0 unspecified atom stereocenters. The van der Waals surface area contributed by atoms with Crippen LogP contribution in [0.1, 0.15) is 26.2 Å². The highest BCUT2D eigenvalue weighted by molar-refractivity contribution is 6.12. The van der Waals surface area contributed by atoms with Crippen LogP contribution < -0.4 is 0 Å². The quantitative estimate of drug-likeness (QED) is 0.283. The fourth-order valence-corrected chi connectivity index (χ4v) is 0.717. The van der Waals surface area contributed by atoms with Gasteiger partial charge in [-0.15, -0.1) is 0 Å². The van der Waals surface area contributed by atoms with Crippen molar-refractivity contribution < 1.29 is 19.8 Å². The number of carboxylic acids is 2. The summed E-state index contributed by atoms with van der Waals surface area (Å²) in [6.45, 7) is 1.95. The van der Waals surface area contributed by atoms with Crippen molar-refractivity contribution in [2.75, 3.05) is 0 Å². The van der Waals surface area contributed by atoms with E-state index in [9.17, 15) is 9.59 Å². The van der Waals surface area contributed by atoms with Crippen LogP contribution in [0.5, 0.6) is 0 Å². The molecule has 0 aromatic rings. The fraction of sp³-hybridized carbons (Fsp3) is 0.500. The van der Waals surface area contributed by atoms with E-state index in [-0.39, 0.29) is 0 Å². The van der Waals surface area contributed by atoms with Gasteiger partial charge in [0.15, 0.2) is 0 Å². The lowest BCUT2D eigenvalue weighted by molar-refractivity contribution is -0.140. The van der Waals surface area contributed by atoms with E-state index in [0.717, 1.165) is 12.8 Å². The molecule has 0 rings (SSSR count). The van der Waals surface area contributed by atoms with Gasteiger partial charge >= 0.3 is 11.9 Å². The molecule has 0 aliphatic rings. The van der Waals surface area contributed by atoms with Gasteiger partial charge in [-0.3, -0.25) is 0 Å². The molecule has 0 aliphatic carbocycles. The van der Waals surface area contributed by atoms with Crippen molar-refractivity contribution in [3.05, 3.63) is 11.6 Å². The number of hydrogen-bond donors (Lipinski definition) is 2. The van der Waals surface area contributed by atoms with Gasteiger partial charge in [-0.1, -0.05) is 25.8 Å². The van der Waals surface area contributed by atoms with Gasteiger partial charge in [0.25, 0.3) is 0 Å². The molecule has 12 heavy (non-hydrogen) atoms. The van der Waals surface area contributed by atoms with Crippen LogP contribution in [-0.2, 0) is 9.59 Å². The van der Waals surface area contributed by atoms with E-state index in [4.69, 9.17) is 10.2 Å². The molecule has 0 saturated carbocycles. The summed E-state index contributed by atoms with van der Waals surface area (Å²) in [4.78, 5) is 20.6. The molecule has 68 valence electrons. The highest BCUT2D eigenvalue weighted by atomic mass is 16.4. The largest absolute Gasteiger partial charge is 0.477 e. The number of unbranched alkanes of at least 4 members (excludes halogenated alkanes) is 2. The van der Waals surface area contributed by atoms with Crippen molar-refractivity contribution in [3.63, 3.8) is 0 Å². The normalized spacial score (nSPS) is 9.08. The van der Waals surface area contributed by atoms with Gasteiger partial charge in [0.2, 0.25) is 0 Å². The highest BCUT2D eigenvalue weighted by Crippen LogP contribution is 2.01. The molecule has 0 aromatic carbocycles. The van der Waals surface area contributed by atoms with Crippen molar-refractivity contribution in [1.29, 1.82) is 0 Å². The van der Waals surface area contributed by atoms with Crippen LogP contribution in [-0.4, -0.2) is 22.2 Å². The second-order valence-corrected chi connectivity index (χ2v) is 2.37. The van der Waals surface area contributed by atoms with Crippen molar-refractivity contribution in [2.45, 2.75) is 26.2 Å². The Morgan fingerprint density at radius 1 is 1.25 bits per heavy atom. The Labute approximate surface area is 70.5 Å². The molecule has 0 radical (unpaired) electrons. The van der Waals surface area contributed by atoms with Crippen LogP contribution >= 0.6 is 0 Å².